The van der Waals surface area contributed by atoms with Crippen molar-refractivity contribution in [2.45, 2.75) is 65.0 Å². The summed E-state index contributed by atoms with van der Waals surface area (Å²) in [5, 5.41) is 0.906. The Morgan fingerprint density at radius 3 is 2.70 bits per heavy atom. The summed E-state index contributed by atoms with van der Waals surface area (Å²) in [6.07, 6.45) is 3.93. The predicted octanol–water partition coefficient (Wildman–Crippen LogP) is 4.56. The van der Waals surface area contributed by atoms with Crippen LogP contribution in [-0.4, -0.2) is 29.1 Å². The van der Waals surface area contributed by atoms with Gasteiger partial charge in [0.25, 0.3) is 5.56 Å². The van der Waals surface area contributed by atoms with Crippen LogP contribution in [0.3, 0.4) is 0 Å². The fraction of sp³-hybridized carbons (Fsp3) is 0.500. The largest absolute Gasteiger partial charge is 0.489 e. The van der Waals surface area contributed by atoms with Gasteiger partial charge in [0.15, 0.2) is 5.79 Å². The Balaban J connectivity index is 1.58. The summed E-state index contributed by atoms with van der Waals surface area (Å²) >= 11 is 0. The molecule has 1 N–H and O–H groups in total. The maximum Gasteiger partial charge on any atom is 0.252 e. The lowest BCUT2D eigenvalue weighted by Crippen LogP contribution is -2.33. The van der Waals surface area contributed by atoms with E-state index in [4.69, 9.17) is 14.2 Å². The van der Waals surface area contributed by atoms with E-state index in [1.165, 1.54) is 11.6 Å². The van der Waals surface area contributed by atoms with Gasteiger partial charge in [0.05, 0.1) is 17.2 Å². The van der Waals surface area contributed by atoms with Crippen LogP contribution in [0, 0.1) is 0 Å². The third-order valence-electron chi connectivity index (χ3n) is 4.89. The number of para-hydroxylation sites is 1. The highest BCUT2D eigenvalue weighted by Crippen LogP contribution is 2.38. The molecule has 27 heavy (non-hydrogen) atoms. The maximum atomic E-state index is 11.8. The van der Waals surface area contributed by atoms with Crippen molar-refractivity contribution in [3.05, 3.63) is 52.3 Å². The van der Waals surface area contributed by atoms with E-state index in [-0.39, 0.29) is 17.3 Å². The van der Waals surface area contributed by atoms with E-state index >= 15 is 0 Å². The van der Waals surface area contributed by atoms with Crippen LogP contribution >= 0.6 is 0 Å². The number of benzene rings is 1. The zero-order valence-corrected chi connectivity index (χ0v) is 16.8. The van der Waals surface area contributed by atoms with Crippen LogP contribution in [0.4, 0.5) is 0 Å². The highest BCUT2D eigenvalue weighted by atomic mass is 16.8. The lowest BCUT2D eigenvalue weighted by molar-refractivity contribution is -0.157. The summed E-state index contributed by atoms with van der Waals surface area (Å²) in [7, 11) is 0. The summed E-state index contributed by atoms with van der Waals surface area (Å²) in [6, 6.07) is 9.14. The first-order chi connectivity index (χ1) is 12.7. The number of nitrogens with one attached hydrogen (secondary N) is 1. The SMILES string of the molecule is C/C(=C\COc1cc(=O)[nH]c2ccccc12)CC[C@H]1OC(C)(C)OC1(C)C. The smallest absolute Gasteiger partial charge is 0.252 e. The molecule has 5 heteroatoms. The first-order valence-corrected chi connectivity index (χ1v) is 9.45. The van der Waals surface area contributed by atoms with E-state index in [9.17, 15) is 4.79 Å². The first-order valence-electron chi connectivity index (χ1n) is 9.45. The molecule has 0 saturated carbocycles. The predicted molar refractivity (Wildman–Crippen MR) is 107 cm³/mol. The number of hydrogen-bond donors (Lipinski definition) is 1. The molecule has 1 fully saturated rings. The van der Waals surface area contributed by atoms with Crippen molar-refractivity contribution in [2.75, 3.05) is 6.61 Å². The van der Waals surface area contributed by atoms with Crippen molar-refractivity contribution in [3.8, 4) is 5.75 Å². The molecule has 1 aliphatic rings. The second kappa shape index (κ2) is 7.49. The highest BCUT2D eigenvalue weighted by molar-refractivity contribution is 5.84. The fourth-order valence-electron chi connectivity index (χ4n) is 3.64. The molecule has 0 unspecified atom stereocenters. The van der Waals surface area contributed by atoms with Crippen LogP contribution < -0.4 is 10.3 Å². The van der Waals surface area contributed by atoms with Gasteiger partial charge in [0.1, 0.15) is 12.4 Å². The van der Waals surface area contributed by atoms with Gasteiger partial charge in [-0.2, -0.15) is 0 Å². The molecule has 2 heterocycles. The number of fused-ring (bicyclic) bond motifs is 1. The molecule has 2 aromatic rings. The Morgan fingerprint density at radius 1 is 1.26 bits per heavy atom. The normalized spacial score (nSPS) is 21.5. The molecular weight excluding hydrogens is 342 g/mol. The van der Waals surface area contributed by atoms with Gasteiger partial charge < -0.3 is 19.2 Å². The van der Waals surface area contributed by atoms with Crippen LogP contribution in [0.1, 0.15) is 47.5 Å². The van der Waals surface area contributed by atoms with Crippen LogP contribution in [0.15, 0.2) is 46.8 Å². The second-order valence-electron chi connectivity index (χ2n) is 8.16. The lowest BCUT2D eigenvalue weighted by Gasteiger charge is -2.24. The van der Waals surface area contributed by atoms with Gasteiger partial charge in [-0.15, -0.1) is 0 Å². The molecule has 1 saturated heterocycles. The number of ether oxygens (including phenoxy) is 3. The molecule has 3 rings (SSSR count). The number of rotatable bonds is 6. The third-order valence-corrected chi connectivity index (χ3v) is 4.89. The summed E-state index contributed by atoms with van der Waals surface area (Å²) in [6.45, 7) is 10.6. The van der Waals surface area contributed by atoms with Crippen molar-refractivity contribution in [3.63, 3.8) is 0 Å². The Hall–Kier alpha value is -2.11. The minimum absolute atomic E-state index is 0.0633. The standard InChI is InChI=1S/C22H29NO4/c1-15(10-11-19-21(2,3)27-22(4,5)26-19)12-13-25-18-14-20(24)23-17-9-7-6-8-16(17)18/h6-9,12,14,19H,10-11,13H2,1-5H3,(H,23,24)/b15-12+/t19-/m1/s1. The first kappa shape index (κ1) is 19.6. The van der Waals surface area contributed by atoms with Gasteiger partial charge >= 0.3 is 0 Å². The Bertz CT molecular complexity index is 895. The minimum Gasteiger partial charge on any atom is -0.489 e. The van der Waals surface area contributed by atoms with E-state index in [2.05, 4.69) is 31.8 Å². The summed E-state index contributed by atoms with van der Waals surface area (Å²) < 4.78 is 17.9. The molecule has 0 amide bonds. The monoisotopic (exact) mass is 371 g/mol. The molecule has 0 spiro atoms. The van der Waals surface area contributed by atoms with Crippen molar-refractivity contribution in [1.82, 2.24) is 4.98 Å². The van der Waals surface area contributed by atoms with Crippen molar-refractivity contribution in [1.29, 1.82) is 0 Å². The molecular formula is C22H29NO4. The summed E-state index contributed by atoms with van der Waals surface area (Å²) in [5.74, 6) is 0.0739. The van der Waals surface area contributed by atoms with Gasteiger partial charge in [-0.3, -0.25) is 4.79 Å². The summed E-state index contributed by atoms with van der Waals surface area (Å²) in [5.41, 5.74) is 1.56. The van der Waals surface area contributed by atoms with Gasteiger partial charge in [-0.25, -0.2) is 0 Å². The van der Waals surface area contributed by atoms with Gasteiger partial charge in [-0.05, 0) is 65.7 Å². The molecule has 1 atom stereocenters. The van der Waals surface area contributed by atoms with Crippen molar-refractivity contribution < 1.29 is 14.2 Å². The number of H-pyrrole nitrogens is 1. The lowest BCUT2D eigenvalue weighted by atomic mass is 9.96. The minimum atomic E-state index is -0.531. The van der Waals surface area contributed by atoms with Gasteiger partial charge in [-0.1, -0.05) is 17.7 Å². The van der Waals surface area contributed by atoms with Crippen LogP contribution in [0.25, 0.3) is 10.9 Å². The molecule has 5 nitrogen and oxygen atoms in total. The average Bonchev–Trinajstić information content (AvgIpc) is 2.79. The number of allylic oxidation sites excluding steroid dienone is 1. The number of pyridine rings is 1. The van der Waals surface area contributed by atoms with E-state index in [1.807, 2.05) is 38.1 Å². The fourth-order valence-corrected chi connectivity index (χ4v) is 3.64. The Morgan fingerprint density at radius 2 is 2.00 bits per heavy atom. The van der Waals surface area contributed by atoms with Crippen LogP contribution in [-0.2, 0) is 9.47 Å². The van der Waals surface area contributed by atoms with Crippen LogP contribution in [0.5, 0.6) is 5.75 Å². The zero-order valence-electron chi connectivity index (χ0n) is 16.8. The molecule has 0 bridgehead atoms. The van der Waals surface area contributed by atoms with E-state index in [0.717, 1.165) is 23.7 Å². The molecule has 0 radical (unpaired) electrons. The maximum absolute atomic E-state index is 11.8. The molecule has 146 valence electrons. The molecule has 0 aliphatic carbocycles. The Labute approximate surface area is 160 Å². The summed E-state index contributed by atoms with van der Waals surface area (Å²) in [4.78, 5) is 14.6. The third kappa shape index (κ3) is 4.79. The number of hydrogen-bond acceptors (Lipinski definition) is 4. The van der Waals surface area contributed by atoms with Crippen LogP contribution in [0.2, 0.25) is 0 Å². The number of aromatic nitrogens is 1. The molecule has 1 aromatic heterocycles. The van der Waals surface area contributed by atoms with Gasteiger partial charge in [0.2, 0.25) is 0 Å². The molecule has 1 aromatic carbocycles. The van der Waals surface area contributed by atoms with E-state index in [0.29, 0.717) is 12.4 Å². The van der Waals surface area contributed by atoms with Crippen molar-refractivity contribution in [2.24, 2.45) is 0 Å². The topological polar surface area (TPSA) is 60.6 Å². The van der Waals surface area contributed by atoms with E-state index in [1.54, 1.807) is 0 Å². The Kier molecular flexibility index (Phi) is 5.45. The van der Waals surface area contributed by atoms with E-state index < -0.39 is 5.79 Å². The second-order valence-corrected chi connectivity index (χ2v) is 8.16. The van der Waals surface area contributed by atoms with Crippen molar-refractivity contribution >= 4 is 10.9 Å². The highest BCUT2D eigenvalue weighted by Gasteiger charge is 2.46. The van der Waals surface area contributed by atoms with Gasteiger partial charge in [0, 0.05) is 11.5 Å². The molecule has 1 aliphatic heterocycles. The average molecular weight is 371 g/mol. The zero-order chi connectivity index (χ0) is 19.7. The number of aromatic amines is 1. The quantitative estimate of drug-likeness (QED) is 0.756.